The first-order valence-electron chi connectivity index (χ1n) is 14.4. The molecule has 0 spiro atoms. The van der Waals surface area contributed by atoms with Gasteiger partial charge in [0.2, 0.25) is 5.89 Å². The summed E-state index contributed by atoms with van der Waals surface area (Å²) in [6.45, 7) is 0. The van der Waals surface area contributed by atoms with Gasteiger partial charge in [-0.3, -0.25) is 4.98 Å². The lowest BCUT2D eigenvalue weighted by Crippen LogP contribution is -1.98. The second kappa shape index (κ2) is 10.2. The van der Waals surface area contributed by atoms with Gasteiger partial charge in [0.1, 0.15) is 5.52 Å². The normalized spacial score (nSPS) is 11.6. The van der Waals surface area contributed by atoms with Gasteiger partial charge in [0.05, 0.1) is 22.4 Å². The molecule has 44 heavy (non-hydrogen) atoms. The van der Waals surface area contributed by atoms with Crippen molar-refractivity contribution in [3.05, 3.63) is 137 Å². The number of hydrogen-bond acceptors (Lipinski definition) is 5. The van der Waals surface area contributed by atoms with E-state index in [1.807, 2.05) is 30.5 Å². The zero-order valence-corrected chi connectivity index (χ0v) is 25.0. The quantitative estimate of drug-likeness (QED) is 0.197. The fourth-order valence-electron chi connectivity index (χ4n) is 6.06. The molecule has 0 bridgehead atoms. The Balaban J connectivity index is 1.28. The van der Waals surface area contributed by atoms with Gasteiger partial charge in [0, 0.05) is 39.2 Å². The van der Waals surface area contributed by atoms with Gasteiger partial charge >= 0.3 is 0 Å². The maximum Gasteiger partial charge on any atom is 0.227 e. The van der Waals surface area contributed by atoms with E-state index in [2.05, 4.69) is 111 Å². The van der Waals surface area contributed by atoms with E-state index in [1.54, 1.807) is 22.7 Å². The summed E-state index contributed by atoms with van der Waals surface area (Å²) in [6.07, 6.45) is 1.97. The Kier molecular flexibility index (Phi) is 5.82. The molecule has 208 valence electrons. The minimum atomic E-state index is 0.617. The van der Waals surface area contributed by atoms with Crippen molar-refractivity contribution in [2.45, 2.75) is 0 Å². The Morgan fingerprint density at radius 1 is 0.591 bits per heavy atom. The van der Waals surface area contributed by atoms with Crippen LogP contribution >= 0.6 is 22.7 Å². The van der Waals surface area contributed by atoms with Gasteiger partial charge in [-0.25, -0.2) is 4.98 Å². The SMILES string of the molecule is c1ccc2oc(-c3ccc4c5ccccc5n(-c5cc(-c6ccc(-c7ccsc7)cn6)ccc5-c5ccsc5)c4c3)nc2c1. The average molecular weight is 602 g/mol. The number of aromatic nitrogens is 3. The van der Waals surface area contributed by atoms with E-state index in [-0.39, 0.29) is 0 Å². The number of fused-ring (bicyclic) bond motifs is 4. The Morgan fingerprint density at radius 3 is 2.18 bits per heavy atom. The smallest absolute Gasteiger partial charge is 0.227 e. The molecule has 9 rings (SSSR count). The van der Waals surface area contributed by atoms with E-state index < -0.39 is 0 Å². The molecule has 0 aliphatic carbocycles. The van der Waals surface area contributed by atoms with Crippen molar-refractivity contribution >= 4 is 55.6 Å². The fraction of sp³-hybridized carbons (Fsp3) is 0. The van der Waals surface area contributed by atoms with Gasteiger partial charge in [-0.1, -0.05) is 54.6 Å². The fourth-order valence-corrected chi connectivity index (χ4v) is 7.38. The van der Waals surface area contributed by atoms with Gasteiger partial charge in [-0.15, -0.1) is 0 Å². The molecule has 0 saturated heterocycles. The predicted molar refractivity (Wildman–Crippen MR) is 184 cm³/mol. The second-order valence-corrected chi connectivity index (χ2v) is 12.3. The minimum absolute atomic E-state index is 0.617. The molecule has 0 aliphatic rings. The van der Waals surface area contributed by atoms with Crippen molar-refractivity contribution in [1.82, 2.24) is 14.5 Å². The van der Waals surface area contributed by atoms with E-state index in [9.17, 15) is 0 Å². The van der Waals surface area contributed by atoms with Crippen molar-refractivity contribution in [3.8, 4) is 50.7 Å². The van der Waals surface area contributed by atoms with Crippen LogP contribution in [-0.2, 0) is 0 Å². The van der Waals surface area contributed by atoms with E-state index in [0.29, 0.717) is 5.89 Å². The lowest BCUT2D eigenvalue weighted by atomic mass is 10.0. The third-order valence-electron chi connectivity index (χ3n) is 8.20. The highest BCUT2D eigenvalue weighted by Gasteiger charge is 2.19. The van der Waals surface area contributed by atoms with Gasteiger partial charge in [-0.05, 0) is 87.2 Å². The summed E-state index contributed by atoms with van der Waals surface area (Å²) >= 11 is 3.41. The second-order valence-electron chi connectivity index (χ2n) is 10.8. The van der Waals surface area contributed by atoms with Crippen LogP contribution in [0, 0.1) is 0 Å². The lowest BCUT2D eigenvalue weighted by Gasteiger charge is -2.15. The van der Waals surface area contributed by atoms with E-state index in [0.717, 1.165) is 50.2 Å². The molecule has 0 fully saturated rings. The van der Waals surface area contributed by atoms with Crippen LogP contribution in [0.2, 0.25) is 0 Å². The summed E-state index contributed by atoms with van der Waals surface area (Å²) in [4.78, 5) is 9.70. The highest BCUT2D eigenvalue weighted by Crippen LogP contribution is 2.40. The molecule has 6 heteroatoms. The molecule has 4 aromatic carbocycles. The van der Waals surface area contributed by atoms with Crippen molar-refractivity contribution in [2.24, 2.45) is 0 Å². The Hall–Kier alpha value is -5.30. The lowest BCUT2D eigenvalue weighted by molar-refractivity contribution is 0.620. The molecule has 0 unspecified atom stereocenters. The molecule has 0 saturated carbocycles. The number of para-hydroxylation sites is 3. The largest absolute Gasteiger partial charge is 0.436 e. The van der Waals surface area contributed by atoms with E-state index in [1.165, 1.54) is 27.5 Å². The third-order valence-corrected chi connectivity index (χ3v) is 9.57. The van der Waals surface area contributed by atoms with Crippen molar-refractivity contribution in [1.29, 1.82) is 0 Å². The zero-order valence-electron chi connectivity index (χ0n) is 23.3. The molecule has 0 aliphatic heterocycles. The van der Waals surface area contributed by atoms with Crippen molar-refractivity contribution in [2.75, 3.05) is 0 Å². The first-order chi connectivity index (χ1) is 21.8. The van der Waals surface area contributed by atoms with Crippen molar-refractivity contribution in [3.63, 3.8) is 0 Å². The van der Waals surface area contributed by atoms with Crippen LogP contribution in [0.25, 0.3) is 83.6 Å². The zero-order chi connectivity index (χ0) is 29.0. The summed E-state index contributed by atoms with van der Waals surface area (Å²) < 4.78 is 8.57. The standard InChI is InChI=1S/C38H23N3OS2/c1-3-7-34-30(5-1)31-13-10-25(38-40-33-6-2-4-8-37(33)42-38)20-36(31)41(34)35-19-24(9-12-29(35)28-16-18-44-23-28)32-14-11-26(21-39-32)27-15-17-43-22-27/h1-23H. The summed E-state index contributed by atoms with van der Waals surface area (Å²) in [5, 5.41) is 11.0. The summed E-state index contributed by atoms with van der Waals surface area (Å²) in [7, 11) is 0. The summed E-state index contributed by atoms with van der Waals surface area (Å²) in [5.74, 6) is 0.617. The van der Waals surface area contributed by atoms with Crippen LogP contribution in [-0.4, -0.2) is 14.5 Å². The molecule has 5 aromatic heterocycles. The molecule has 4 nitrogen and oxygen atoms in total. The number of benzene rings is 4. The van der Waals surface area contributed by atoms with E-state index >= 15 is 0 Å². The van der Waals surface area contributed by atoms with Gasteiger partial charge in [0.25, 0.3) is 0 Å². The van der Waals surface area contributed by atoms with Crippen LogP contribution in [0.4, 0.5) is 0 Å². The van der Waals surface area contributed by atoms with Crippen LogP contribution < -0.4 is 0 Å². The topological polar surface area (TPSA) is 43.9 Å². The van der Waals surface area contributed by atoms with Crippen molar-refractivity contribution < 1.29 is 4.42 Å². The Labute approximate surface area is 261 Å². The molecule has 0 N–H and O–H groups in total. The van der Waals surface area contributed by atoms with E-state index in [4.69, 9.17) is 14.4 Å². The molecule has 5 heterocycles. The Bertz CT molecular complexity index is 2400. The molecule has 0 atom stereocenters. The molecule has 0 radical (unpaired) electrons. The maximum absolute atomic E-state index is 6.19. The molecule has 9 aromatic rings. The number of hydrogen-bond donors (Lipinski definition) is 0. The Morgan fingerprint density at radius 2 is 1.36 bits per heavy atom. The number of rotatable bonds is 5. The summed E-state index contributed by atoms with van der Waals surface area (Å²) in [5.41, 5.74) is 12.6. The first kappa shape index (κ1) is 25.2. The predicted octanol–water partition coefficient (Wildman–Crippen LogP) is 11.1. The van der Waals surface area contributed by atoms with Crippen LogP contribution in [0.3, 0.4) is 0 Å². The number of thiophene rings is 2. The number of pyridine rings is 1. The van der Waals surface area contributed by atoms with Crippen LogP contribution in [0.1, 0.15) is 0 Å². The van der Waals surface area contributed by atoms with Gasteiger partial charge in [0.15, 0.2) is 5.58 Å². The highest BCUT2D eigenvalue weighted by atomic mass is 32.1. The van der Waals surface area contributed by atoms with Crippen LogP contribution in [0.15, 0.2) is 141 Å². The monoisotopic (exact) mass is 601 g/mol. The third kappa shape index (κ3) is 4.11. The van der Waals surface area contributed by atoms with Gasteiger partial charge < -0.3 is 8.98 Å². The first-order valence-corrected chi connectivity index (χ1v) is 16.2. The van der Waals surface area contributed by atoms with Crippen LogP contribution in [0.5, 0.6) is 0 Å². The van der Waals surface area contributed by atoms with Gasteiger partial charge in [-0.2, -0.15) is 22.7 Å². The number of oxazole rings is 1. The molecular formula is C38H23N3OS2. The molecular weight excluding hydrogens is 579 g/mol. The average Bonchev–Trinajstić information content (AvgIpc) is 3.90. The highest BCUT2D eigenvalue weighted by molar-refractivity contribution is 7.08. The maximum atomic E-state index is 6.19. The summed E-state index contributed by atoms with van der Waals surface area (Å²) in [6, 6.07) is 38.3. The number of nitrogens with zero attached hydrogens (tertiary/aromatic N) is 3. The molecule has 0 amide bonds. The minimum Gasteiger partial charge on any atom is -0.436 e.